The fourth-order valence-electron chi connectivity index (χ4n) is 1.71. The molecule has 0 fully saturated rings. The van der Waals surface area contributed by atoms with Gasteiger partial charge in [0.25, 0.3) is 0 Å². The third kappa shape index (κ3) is 3.10. The third-order valence-electron chi connectivity index (χ3n) is 2.66. The molecular formula is C13H12BrFN2O2S. The summed E-state index contributed by atoms with van der Waals surface area (Å²) in [6.07, 6.45) is 1.09. The quantitative estimate of drug-likeness (QED) is 0.825. The molecule has 0 radical (unpaired) electrons. The van der Waals surface area contributed by atoms with E-state index in [0.717, 1.165) is 6.26 Å². The fraction of sp³-hybridized carbons (Fsp3) is 0.0769. The molecule has 4 nitrogen and oxygen atoms in total. The number of nitrogens with one attached hydrogen (secondary N) is 1. The topological polar surface area (TPSA) is 72.2 Å². The maximum atomic E-state index is 13.2. The minimum atomic E-state index is -3.40. The van der Waals surface area contributed by atoms with Crippen molar-refractivity contribution in [3.8, 4) is 0 Å². The lowest BCUT2D eigenvalue weighted by molar-refractivity contribution is 0.602. The summed E-state index contributed by atoms with van der Waals surface area (Å²) < 4.78 is 36.6. The van der Waals surface area contributed by atoms with Crippen LogP contribution in [-0.4, -0.2) is 14.7 Å². The molecule has 0 aliphatic rings. The van der Waals surface area contributed by atoms with Crippen LogP contribution < -0.4 is 11.1 Å². The number of halogens is 2. The molecule has 7 heteroatoms. The Kier molecular flexibility index (Phi) is 4.01. The Morgan fingerprint density at radius 3 is 2.55 bits per heavy atom. The van der Waals surface area contributed by atoms with Crippen LogP contribution in [0.25, 0.3) is 0 Å². The number of anilines is 3. The maximum absolute atomic E-state index is 13.2. The molecular weight excluding hydrogens is 347 g/mol. The largest absolute Gasteiger partial charge is 0.396 e. The van der Waals surface area contributed by atoms with Crippen molar-refractivity contribution in [2.75, 3.05) is 17.3 Å². The van der Waals surface area contributed by atoms with Gasteiger partial charge >= 0.3 is 0 Å². The minimum Gasteiger partial charge on any atom is -0.396 e. The van der Waals surface area contributed by atoms with Gasteiger partial charge < -0.3 is 11.1 Å². The van der Waals surface area contributed by atoms with Crippen LogP contribution in [0, 0.1) is 5.82 Å². The van der Waals surface area contributed by atoms with Crippen molar-refractivity contribution in [3.05, 3.63) is 46.7 Å². The molecule has 0 aliphatic carbocycles. The van der Waals surface area contributed by atoms with E-state index in [-0.39, 0.29) is 16.4 Å². The summed E-state index contributed by atoms with van der Waals surface area (Å²) in [4.78, 5) is 0.0590. The van der Waals surface area contributed by atoms with Gasteiger partial charge in [-0.3, -0.25) is 0 Å². The predicted molar refractivity (Wildman–Crippen MR) is 81.3 cm³/mol. The van der Waals surface area contributed by atoms with Gasteiger partial charge in [-0.2, -0.15) is 0 Å². The number of hydrogen-bond acceptors (Lipinski definition) is 4. The van der Waals surface area contributed by atoms with E-state index in [1.807, 2.05) is 0 Å². The Labute approximate surface area is 124 Å². The first-order valence-corrected chi connectivity index (χ1v) is 8.28. The molecule has 106 valence electrons. The molecule has 0 aromatic heterocycles. The van der Waals surface area contributed by atoms with Crippen LogP contribution in [0.1, 0.15) is 0 Å². The van der Waals surface area contributed by atoms with Crippen LogP contribution in [0.5, 0.6) is 0 Å². The van der Waals surface area contributed by atoms with Gasteiger partial charge in [-0.05, 0) is 46.3 Å². The number of para-hydroxylation sites is 1. The van der Waals surface area contributed by atoms with E-state index in [1.165, 1.54) is 18.2 Å². The van der Waals surface area contributed by atoms with Gasteiger partial charge in [0.15, 0.2) is 9.84 Å². The molecule has 0 atom stereocenters. The normalized spacial score (nSPS) is 11.3. The molecule has 0 saturated carbocycles. The third-order valence-corrected chi connectivity index (χ3v) is 4.43. The van der Waals surface area contributed by atoms with Crippen LogP contribution >= 0.6 is 15.9 Å². The van der Waals surface area contributed by atoms with Gasteiger partial charge in [-0.15, -0.1) is 0 Å². The SMILES string of the molecule is CS(=O)(=O)c1cccc(Nc2ccc(F)c(Br)c2)c1N. The Morgan fingerprint density at radius 2 is 1.95 bits per heavy atom. The zero-order valence-corrected chi connectivity index (χ0v) is 12.9. The Morgan fingerprint density at radius 1 is 1.25 bits per heavy atom. The van der Waals surface area contributed by atoms with Crippen molar-refractivity contribution in [2.24, 2.45) is 0 Å². The number of nitrogen functional groups attached to an aromatic ring is 1. The van der Waals surface area contributed by atoms with E-state index < -0.39 is 9.84 Å². The van der Waals surface area contributed by atoms with Gasteiger partial charge in [-0.1, -0.05) is 6.07 Å². The average molecular weight is 359 g/mol. The number of hydrogen-bond donors (Lipinski definition) is 2. The molecule has 0 unspecified atom stereocenters. The highest BCUT2D eigenvalue weighted by molar-refractivity contribution is 9.10. The van der Waals surface area contributed by atoms with Gasteiger partial charge in [0.1, 0.15) is 5.82 Å². The van der Waals surface area contributed by atoms with Crippen LogP contribution in [0.3, 0.4) is 0 Å². The number of rotatable bonds is 3. The van der Waals surface area contributed by atoms with Crippen LogP contribution in [-0.2, 0) is 9.84 Å². The van der Waals surface area contributed by atoms with Gasteiger partial charge in [-0.25, -0.2) is 12.8 Å². The lowest BCUT2D eigenvalue weighted by Crippen LogP contribution is -2.05. The van der Waals surface area contributed by atoms with Crippen LogP contribution in [0.15, 0.2) is 45.8 Å². The second kappa shape index (κ2) is 5.41. The number of benzene rings is 2. The van der Waals surface area contributed by atoms with Crippen molar-refractivity contribution < 1.29 is 12.8 Å². The molecule has 2 aromatic carbocycles. The molecule has 2 aromatic rings. The van der Waals surface area contributed by atoms with E-state index in [2.05, 4.69) is 21.2 Å². The molecule has 0 amide bonds. The van der Waals surface area contributed by atoms with Crippen molar-refractivity contribution in [2.45, 2.75) is 4.90 Å². The maximum Gasteiger partial charge on any atom is 0.177 e. The first-order chi connectivity index (χ1) is 9.29. The van der Waals surface area contributed by atoms with E-state index in [4.69, 9.17) is 5.73 Å². The Balaban J connectivity index is 2.42. The summed E-state index contributed by atoms with van der Waals surface area (Å²) in [7, 11) is -3.40. The Bertz CT molecular complexity index is 763. The van der Waals surface area contributed by atoms with Gasteiger partial charge in [0.2, 0.25) is 0 Å². The molecule has 0 saturated heterocycles. The monoisotopic (exact) mass is 358 g/mol. The van der Waals surface area contributed by atoms with Gasteiger partial charge in [0.05, 0.1) is 20.7 Å². The highest BCUT2D eigenvalue weighted by atomic mass is 79.9. The molecule has 0 bridgehead atoms. The number of nitrogens with two attached hydrogens (primary N) is 1. The highest BCUT2D eigenvalue weighted by Gasteiger charge is 2.14. The smallest absolute Gasteiger partial charge is 0.177 e. The predicted octanol–water partition coefficient (Wildman–Crippen LogP) is 3.32. The molecule has 0 spiro atoms. The Hall–Kier alpha value is -1.60. The highest BCUT2D eigenvalue weighted by Crippen LogP contribution is 2.30. The summed E-state index contributed by atoms with van der Waals surface area (Å²) in [5.41, 5.74) is 7.04. The van der Waals surface area contributed by atoms with Crippen LogP contribution in [0.4, 0.5) is 21.5 Å². The van der Waals surface area contributed by atoms with E-state index in [9.17, 15) is 12.8 Å². The standard InChI is InChI=1S/C13H12BrFN2O2S/c1-20(18,19)12-4-2-3-11(13(12)16)17-8-5-6-10(15)9(14)7-8/h2-7,17H,16H2,1H3. The molecule has 3 N–H and O–H groups in total. The van der Waals surface area contributed by atoms with Crippen molar-refractivity contribution in [1.82, 2.24) is 0 Å². The first-order valence-electron chi connectivity index (χ1n) is 5.59. The molecule has 0 aliphatic heterocycles. The fourth-order valence-corrected chi connectivity index (χ4v) is 2.92. The van der Waals surface area contributed by atoms with E-state index in [0.29, 0.717) is 15.8 Å². The van der Waals surface area contributed by atoms with E-state index >= 15 is 0 Å². The molecule has 0 heterocycles. The molecule has 2 rings (SSSR count). The summed E-state index contributed by atoms with van der Waals surface area (Å²) >= 11 is 3.08. The second-order valence-corrected chi connectivity index (χ2v) is 7.08. The minimum absolute atomic E-state index is 0.0590. The van der Waals surface area contributed by atoms with E-state index in [1.54, 1.807) is 18.2 Å². The van der Waals surface area contributed by atoms with Gasteiger partial charge in [0, 0.05) is 11.9 Å². The van der Waals surface area contributed by atoms with Crippen molar-refractivity contribution in [1.29, 1.82) is 0 Å². The summed E-state index contributed by atoms with van der Waals surface area (Å²) in [5, 5.41) is 2.97. The van der Waals surface area contributed by atoms with Crippen molar-refractivity contribution >= 4 is 42.8 Å². The lowest BCUT2D eigenvalue weighted by atomic mass is 10.2. The lowest BCUT2D eigenvalue weighted by Gasteiger charge is -2.12. The summed E-state index contributed by atoms with van der Waals surface area (Å²) in [6, 6.07) is 9.06. The molecule has 20 heavy (non-hydrogen) atoms. The first kappa shape index (κ1) is 14.8. The zero-order valence-electron chi connectivity index (χ0n) is 10.5. The zero-order chi connectivity index (χ0) is 14.9. The average Bonchev–Trinajstić information content (AvgIpc) is 2.35. The number of sulfone groups is 1. The summed E-state index contributed by atoms with van der Waals surface area (Å²) in [5.74, 6) is -0.381. The summed E-state index contributed by atoms with van der Waals surface area (Å²) in [6.45, 7) is 0. The van der Waals surface area contributed by atoms with Crippen LogP contribution in [0.2, 0.25) is 0 Å². The second-order valence-electron chi connectivity index (χ2n) is 4.24. The van der Waals surface area contributed by atoms with Crippen molar-refractivity contribution in [3.63, 3.8) is 0 Å².